The van der Waals surface area contributed by atoms with E-state index in [-0.39, 0.29) is 0 Å². The Labute approximate surface area is 172 Å². The fraction of sp³-hybridized carbons (Fsp3) is 0.417. The SMILES string of the molecule is CC(C)(C)OC(=O)c1cc(-c2ccccc2)cc2c1N(C(=O)OC(C)(C)C)CC2. The van der Waals surface area contributed by atoms with Gasteiger partial charge in [0.2, 0.25) is 0 Å². The standard InChI is InChI=1S/C24H29NO4/c1-23(2,3)28-21(26)19-15-18(16-10-8-7-9-11-16)14-17-12-13-25(20(17)19)22(27)29-24(4,5)6/h7-11,14-15H,12-13H2,1-6H3. The van der Waals surface area contributed by atoms with Crippen LogP contribution in [0.15, 0.2) is 42.5 Å². The first-order valence-corrected chi connectivity index (χ1v) is 9.91. The number of amides is 1. The van der Waals surface area contributed by atoms with Crippen molar-refractivity contribution in [1.29, 1.82) is 0 Å². The van der Waals surface area contributed by atoms with Crippen LogP contribution in [0, 0.1) is 0 Å². The minimum absolute atomic E-state index is 0.389. The Morgan fingerprint density at radius 3 is 2.07 bits per heavy atom. The summed E-state index contributed by atoms with van der Waals surface area (Å²) >= 11 is 0. The first-order valence-electron chi connectivity index (χ1n) is 9.91. The molecule has 1 heterocycles. The summed E-state index contributed by atoms with van der Waals surface area (Å²) in [6, 6.07) is 13.7. The largest absolute Gasteiger partial charge is 0.456 e. The van der Waals surface area contributed by atoms with Crippen LogP contribution in [-0.4, -0.2) is 29.8 Å². The third-order valence-electron chi connectivity index (χ3n) is 4.40. The summed E-state index contributed by atoms with van der Waals surface area (Å²) < 4.78 is 11.2. The van der Waals surface area contributed by atoms with Crippen molar-refractivity contribution in [2.75, 3.05) is 11.4 Å². The molecule has 1 aliphatic heterocycles. The number of fused-ring (bicyclic) bond motifs is 1. The normalized spacial score (nSPS) is 13.8. The minimum atomic E-state index is -0.637. The van der Waals surface area contributed by atoms with Crippen molar-refractivity contribution in [3.8, 4) is 11.1 Å². The molecular weight excluding hydrogens is 366 g/mol. The van der Waals surface area contributed by atoms with Gasteiger partial charge in [0.05, 0.1) is 11.3 Å². The molecule has 0 bridgehead atoms. The minimum Gasteiger partial charge on any atom is -0.456 e. The van der Waals surface area contributed by atoms with Crippen LogP contribution < -0.4 is 4.90 Å². The lowest BCUT2D eigenvalue weighted by Crippen LogP contribution is -2.36. The molecule has 1 amide bonds. The molecule has 0 spiro atoms. The fourth-order valence-corrected chi connectivity index (χ4v) is 3.33. The van der Waals surface area contributed by atoms with Gasteiger partial charge in [-0.15, -0.1) is 0 Å². The Balaban J connectivity index is 2.09. The second-order valence-electron chi connectivity index (χ2n) is 9.28. The van der Waals surface area contributed by atoms with Gasteiger partial charge in [0.1, 0.15) is 11.2 Å². The molecule has 0 aliphatic carbocycles. The molecule has 0 fully saturated rings. The van der Waals surface area contributed by atoms with Crippen molar-refractivity contribution in [3.05, 3.63) is 53.6 Å². The molecule has 0 saturated carbocycles. The van der Waals surface area contributed by atoms with Crippen LogP contribution in [-0.2, 0) is 15.9 Å². The molecule has 0 unspecified atom stereocenters. The molecule has 0 N–H and O–H groups in total. The maximum absolute atomic E-state index is 13.1. The van der Waals surface area contributed by atoms with E-state index in [0.29, 0.717) is 24.2 Å². The van der Waals surface area contributed by atoms with Crippen molar-refractivity contribution < 1.29 is 19.1 Å². The first kappa shape index (κ1) is 20.9. The zero-order chi connectivity index (χ0) is 21.4. The zero-order valence-corrected chi connectivity index (χ0v) is 18.0. The Morgan fingerprint density at radius 2 is 1.48 bits per heavy atom. The third kappa shape index (κ3) is 4.97. The maximum Gasteiger partial charge on any atom is 0.414 e. The summed E-state index contributed by atoms with van der Waals surface area (Å²) in [5.74, 6) is -0.443. The summed E-state index contributed by atoms with van der Waals surface area (Å²) in [4.78, 5) is 27.4. The van der Waals surface area contributed by atoms with Crippen molar-refractivity contribution in [2.45, 2.75) is 59.2 Å². The number of esters is 1. The highest BCUT2D eigenvalue weighted by Gasteiger charge is 2.34. The van der Waals surface area contributed by atoms with Gasteiger partial charge in [-0.1, -0.05) is 30.3 Å². The van der Waals surface area contributed by atoms with E-state index in [1.54, 1.807) is 4.90 Å². The highest BCUT2D eigenvalue weighted by Crippen LogP contribution is 2.38. The maximum atomic E-state index is 13.1. The van der Waals surface area contributed by atoms with Crippen LogP contribution in [0.2, 0.25) is 0 Å². The van der Waals surface area contributed by atoms with Crippen molar-refractivity contribution in [1.82, 2.24) is 0 Å². The van der Waals surface area contributed by atoms with Crippen LogP contribution in [0.1, 0.15) is 57.5 Å². The van der Waals surface area contributed by atoms with Crippen LogP contribution in [0.4, 0.5) is 10.5 Å². The number of anilines is 1. The molecular formula is C24H29NO4. The van der Waals surface area contributed by atoms with Crippen LogP contribution in [0.25, 0.3) is 11.1 Å². The van der Waals surface area contributed by atoms with Gasteiger partial charge in [0.15, 0.2) is 0 Å². The predicted molar refractivity (Wildman–Crippen MR) is 114 cm³/mol. The number of carbonyl (C=O) groups is 2. The lowest BCUT2D eigenvalue weighted by Gasteiger charge is -2.27. The highest BCUT2D eigenvalue weighted by atomic mass is 16.6. The van der Waals surface area contributed by atoms with E-state index in [1.807, 2.05) is 84.0 Å². The predicted octanol–water partition coefficient (Wildman–Crippen LogP) is 5.61. The Hall–Kier alpha value is -2.82. The molecule has 0 saturated heterocycles. The number of hydrogen-bond acceptors (Lipinski definition) is 4. The Kier molecular flexibility index (Phi) is 5.44. The van der Waals surface area contributed by atoms with E-state index >= 15 is 0 Å². The number of hydrogen-bond donors (Lipinski definition) is 0. The monoisotopic (exact) mass is 395 g/mol. The second kappa shape index (κ2) is 7.54. The fourth-order valence-electron chi connectivity index (χ4n) is 3.33. The molecule has 29 heavy (non-hydrogen) atoms. The zero-order valence-electron chi connectivity index (χ0n) is 18.0. The van der Waals surface area contributed by atoms with Gasteiger partial charge in [-0.05, 0) is 76.8 Å². The topological polar surface area (TPSA) is 55.8 Å². The summed E-state index contributed by atoms with van der Waals surface area (Å²) in [7, 11) is 0. The molecule has 154 valence electrons. The molecule has 2 aromatic rings. The van der Waals surface area contributed by atoms with Crippen molar-refractivity contribution in [3.63, 3.8) is 0 Å². The summed E-state index contributed by atoms with van der Waals surface area (Å²) in [6.07, 6.45) is 0.207. The summed E-state index contributed by atoms with van der Waals surface area (Å²) in [5.41, 5.74) is 2.61. The van der Waals surface area contributed by atoms with E-state index in [1.165, 1.54) is 0 Å². The Morgan fingerprint density at radius 1 is 0.862 bits per heavy atom. The van der Waals surface area contributed by atoms with E-state index in [2.05, 4.69) is 0 Å². The summed E-state index contributed by atoms with van der Waals surface area (Å²) in [6.45, 7) is 11.4. The second-order valence-corrected chi connectivity index (χ2v) is 9.28. The molecule has 2 aromatic carbocycles. The molecule has 0 radical (unpaired) electrons. The smallest absolute Gasteiger partial charge is 0.414 e. The van der Waals surface area contributed by atoms with Gasteiger partial charge < -0.3 is 9.47 Å². The summed E-state index contributed by atoms with van der Waals surface area (Å²) in [5, 5.41) is 0. The molecule has 5 heteroatoms. The molecule has 5 nitrogen and oxygen atoms in total. The van der Waals surface area contributed by atoms with E-state index < -0.39 is 23.3 Å². The number of rotatable bonds is 2. The lowest BCUT2D eigenvalue weighted by molar-refractivity contribution is 0.00705. The van der Waals surface area contributed by atoms with Gasteiger partial charge in [0.25, 0.3) is 0 Å². The molecule has 0 atom stereocenters. The quantitative estimate of drug-likeness (QED) is 0.621. The van der Waals surface area contributed by atoms with Crippen LogP contribution in [0.3, 0.4) is 0 Å². The van der Waals surface area contributed by atoms with E-state index in [4.69, 9.17) is 9.47 Å². The number of ether oxygens (including phenoxy) is 2. The number of benzene rings is 2. The van der Waals surface area contributed by atoms with E-state index in [0.717, 1.165) is 16.7 Å². The average Bonchev–Trinajstić information content (AvgIpc) is 3.03. The first-order chi connectivity index (χ1) is 13.4. The Bertz CT molecular complexity index is 920. The number of nitrogens with zero attached hydrogens (tertiary/aromatic N) is 1. The van der Waals surface area contributed by atoms with Gasteiger partial charge in [-0.2, -0.15) is 0 Å². The number of carbonyl (C=O) groups excluding carboxylic acids is 2. The molecule has 1 aliphatic rings. The van der Waals surface area contributed by atoms with Crippen molar-refractivity contribution >= 4 is 17.7 Å². The molecule has 3 rings (SSSR count). The van der Waals surface area contributed by atoms with Gasteiger partial charge >= 0.3 is 12.1 Å². The lowest BCUT2D eigenvalue weighted by atomic mass is 9.97. The van der Waals surface area contributed by atoms with Gasteiger partial charge in [0, 0.05) is 6.54 Å². The van der Waals surface area contributed by atoms with Gasteiger partial charge in [-0.25, -0.2) is 9.59 Å². The highest BCUT2D eigenvalue weighted by molar-refractivity contribution is 6.04. The van der Waals surface area contributed by atoms with E-state index in [9.17, 15) is 9.59 Å². The third-order valence-corrected chi connectivity index (χ3v) is 4.40. The van der Waals surface area contributed by atoms with Crippen molar-refractivity contribution in [2.24, 2.45) is 0 Å². The van der Waals surface area contributed by atoms with Gasteiger partial charge in [-0.3, -0.25) is 4.90 Å². The van der Waals surface area contributed by atoms with Crippen LogP contribution in [0.5, 0.6) is 0 Å². The average molecular weight is 395 g/mol. The molecule has 0 aromatic heterocycles. The van der Waals surface area contributed by atoms with Crippen LogP contribution >= 0.6 is 0 Å².